The highest BCUT2D eigenvalue weighted by Crippen LogP contribution is 2.35. The molecule has 1 saturated heterocycles. The van der Waals surface area contributed by atoms with Gasteiger partial charge < -0.3 is 10.6 Å². The van der Waals surface area contributed by atoms with Crippen LogP contribution < -0.4 is 10.6 Å². The molecule has 2 rings (SSSR count). The van der Waals surface area contributed by atoms with E-state index in [-0.39, 0.29) is 11.3 Å². The van der Waals surface area contributed by atoms with Gasteiger partial charge >= 0.3 is 6.18 Å². The second kappa shape index (κ2) is 5.51. The lowest BCUT2D eigenvalue weighted by molar-refractivity contribution is -0.137. The van der Waals surface area contributed by atoms with Crippen LogP contribution in [-0.2, 0) is 11.0 Å². The van der Waals surface area contributed by atoms with Crippen molar-refractivity contribution in [2.24, 2.45) is 0 Å². The fourth-order valence-corrected chi connectivity index (χ4v) is 2.09. The van der Waals surface area contributed by atoms with Gasteiger partial charge in [0.15, 0.2) is 0 Å². The number of alkyl halides is 3. The van der Waals surface area contributed by atoms with Crippen LogP contribution in [0.5, 0.6) is 0 Å². The normalized spacial score (nSPS) is 18.6. The van der Waals surface area contributed by atoms with Crippen molar-refractivity contribution in [3.05, 3.63) is 29.3 Å². The monoisotopic (exact) mass is 283 g/mol. The summed E-state index contributed by atoms with van der Waals surface area (Å²) in [7, 11) is 0. The van der Waals surface area contributed by atoms with Gasteiger partial charge in [0.05, 0.1) is 28.9 Å². The molecular weight excluding hydrogens is 271 g/mol. The van der Waals surface area contributed by atoms with E-state index < -0.39 is 23.7 Å². The standard InChI is InChI=1S/C13H12F3N3O/c14-13(15,16)9-6-8(7-17)3-4-10(9)19-12(20)11-2-1-5-18-11/h3-4,6,11,18H,1-2,5H2,(H,19,20)/t11-/m1/s1. The Hall–Kier alpha value is -2.07. The minimum atomic E-state index is -4.63. The van der Waals surface area contributed by atoms with Crippen LogP contribution in [-0.4, -0.2) is 18.5 Å². The molecule has 1 fully saturated rings. The number of anilines is 1. The molecule has 0 aliphatic carbocycles. The summed E-state index contributed by atoms with van der Waals surface area (Å²) in [4.78, 5) is 11.8. The average molecular weight is 283 g/mol. The van der Waals surface area contributed by atoms with Gasteiger partial charge in [-0.3, -0.25) is 4.79 Å². The molecule has 0 bridgehead atoms. The molecule has 106 valence electrons. The molecule has 4 nitrogen and oxygen atoms in total. The van der Waals surface area contributed by atoms with Crippen molar-refractivity contribution in [3.8, 4) is 6.07 Å². The van der Waals surface area contributed by atoms with E-state index in [9.17, 15) is 18.0 Å². The number of nitrogens with one attached hydrogen (secondary N) is 2. The highest BCUT2D eigenvalue weighted by atomic mass is 19.4. The maximum Gasteiger partial charge on any atom is 0.418 e. The molecule has 1 aliphatic heterocycles. The van der Waals surface area contributed by atoms with Gasteiger partial charge in [-0.1, -0.05) is 0 Å². The Morgan fingerprint density at radius 2 is 2.20 bits per heavy atom. The number of carbonyl (C=O) groups excluding carboxylic acids is 1. The number of hydrogen-bond acceptors (Lipinski definition) is 3. The Morgan fingerprint density at radius 3 is 2.75 bits per heavy atom. The lowest BCUT2D eigenvalue weighted by Crippen LogP contribution is -2.36. The summed E-state index contributed by atoms with van der Waals surface area (Å²) in [5.41, 5.74) is -1.44. The van der Waals surface area contributed by atoms with Crippen molar-refractivity contribution in [2.75, 3.05) is 11.9 Å². The van der Waals surface area contributed by atoms with Gasteiger partial charge in [0.2, 0.25) is 5.91 Å². The molecule has 1 aromatic rings. The van der Waals surface area contributed by atoms with Crippen LogP contribution in [0.25, 0.3) is 0 Å². The Labute approximate surface area is 113 Å². The molecule has 1 amide bonds. The summed E-state index contributed by atoms with van der Waals surface area (Å²) in [5.74, 6) is -0.488. The number of carbonyl (C=O) groups is 1. The average Bonchev–Trinajstić information content (AvgIpc) is 2.91. The van der Waals surface area contributed by atoms with Gasteiger partial charge in [0.1, 0.15) is 0 Å². The summed E-state index contributed by atoms with van der Waals surface area (Å²) in [5, 5.41) is 13.8. The third-order valence-corrected chi connectivity index (χ3v) is 3.09. The van der Waals surface area contributed by atoms with Crippen LogP contribution in [0.3, 0.4) is 0 Å². The van der Waals surface area contributed by atoms with Gasteiger partial charge in [-0.15, -0.1) is 0 Å². The number of nitrogens with zero attached hydrogens (tertiary/aromatic N) is 1. The molecule has 2 N–H and O–H groups in total. The van der Waals surface area contributed by atoms with Crippen LogP contribution in [0.4, 0.5) is 18.9 Å². The second-order valence-corrected chi connectivity index (χ2v) is 4.51. The minimum Gasteiger partial charge on any atom is -0.324 e. The molecule has 1 heterocycles. The molecule has 7 heteroatoms. The Kier molecular flexibility index (Phi) is 3.95. The van der Waals surface area contributed by atoms with E-state index in [2.05, 4.69) is 10.6 Å². The molecule has 0 unspecified atom stereocenters. The predicted octanol–water partition coefficient (Wildman–Crippen LogP) is 2.27. The molecule has 0 saturated carbocycles. The fourth-order valence-electron chi connectivity index (χ4n) is 2.09. The number of amides is 1. The van der Waals surface area contributed by atoms with E-state index in [1.54, 1.807) is 6.07 Å². The van der Waals surface area contributed by atoms with Crippen LogP contribution in [0.15, 0.2) is 18.2 Å². The zero-order valence-corrected chi connectivity index (χ0v) is 10.4. The first-order valence-electron chi connectivity index (χ1n) is 6.07. The Bertz CT molecular complexity index is 557. The third-order valence-electron chi connectivity index (χ3n) is 3.09. The van der Waals surface area contributed by atoms with Gasteiger partial charge in [0, 0.05) is 0 Å². The summed E-state index contributed by atoms with van der Waals surface area (Å²) in [6, 6.07) is 4.27. The maximum absolute atomic E-state index is 12.9. The highest BCUT2D eigenvalue weighted by Gasteiger charge is 2.35. The van der Waals surface area contributed by atoms with E-state index in [1.807, 2.05) is 0 Å². The molecule has 1 aromatic carbocycles. The van der Waals surface area contributed by atoms with Crippen molar-refractivity contribution < 1.29 is 18.0 Å². The lowest BCUT2D eigenvalue weighted by atomic mass is 10.1. The first kappa shape index (κ1) is 14.3. The smallest absolute Gasteiger partial charge is 0.324 e. The summed E-state index contributed by atoms with van der Waals surface area (Å²) >= 11 is 0. The largest absolute Gasteiger partial charge is 0.418 e. The van der Waals surface area contributed by atoms with Crippen molar-refractivity contribution in [1.82, 2.24) is 5.32 Å². The van der Waals surface area contributed by atoms with Crippen molar-refractivity contribution in [2.45, 2.75) is 25.1 Å². The van der Waals surface area contributed by atoms with Crippen molar-refractivity contribution in [3.63, 3.8) is 0 Å². The van der Waals surface area contributed by atoms with Crippen LogP contribution in [0.1, 0.15) is 24.0 Å². The molecule has 0 radical (unpaired) electrons. The zero-order chi connectivity index (χ0) is 14.8. The molecule has 1 atom stereocenters. The van der Waals surface area contributed by atoms with E-state index in [0.717, 1.165) is 18.6 Å². The van der Waals surface area contributed by atoms with E-state index in [4.69, 9.17) is 5.26 Å². The number of rotatable bonds is 2. The van der Waals surface area contributed by atoms with Crippen LogP contribution in [0, 0.1) is 11.3 Å². The summed E-state index contributed by atoms with van der Waals surface area (Å²) in [6.07, 6.45) is -3.21. The topological polar surface area (TPSA) is 64.9 Å². The molecule has 0 spiro atoms. The number of benzene rings is 1. The van der Waals surface area contributed by atoms with E-state index >= 15 is 0 Å². The Morgan fingerprint density at radius 1 is 1.45 bits per heavy atom. The SMILES string of the molecule is N#Cc1ccc(NC(=O)[C@H]2CCCN2)c(C(F)(F)F)c1. The third kappa shape index (κ3) is 3.08. The number of nitriles is 1. The molecular formula is C13H12F3N3O. The first-order valence-corrected chi connectivity index (χ1v) is 6.07. The number of halogens is 3. The quantitative estimate of drug-likeness (QED) is 0.875. The maximum atomic E-state index is 12.9. The van der Waals surface area contributed by atoms with E-state index in [0.29, 0.717) is 13.0 Å². The van der Waals surface area contributed by atoms with Gasteiger partial charge in [-0.05, 0) is 37.6 Å². The Balaban J connectivity index is 2.27. The lowest BCUT2D eigenvalue weighted by Gasteiger charge is -2.16. The molecule has 20 heavy (non-hydrogen) atoms. The molecule has 1 aliphatic rings. The van der Waals surface area contributed by atoms with Crippen LogP contribution >= 0.6 is 0 Å². The summed E-state index contributed by atoms with van der Waals surface area (Å²) < 4.78 is 38.7. The van der Waals surface area contributed by atoms with E-state index in [1.165, 1.54) is 6.07 Å². The fraction of sp³-hybridized carbons (Fsp3) is 0.385. The predicted molar refractivity (Wildman–Crippen MR) is 65.8 cm³/mol. The van der Waals surface area contributed by atoms with Crippen molar-refractivity contribution >= 4 is 11.6 Å². The van der Waals surface area contributed by atoms with Gasteiger partial charge in [-0.2, -0.15) is 18.4 Å². The molecule has 0 aromatic heterocycles. The van der Waals surface area contributed by atoms with Crippen molar-refractivity contribution in [1.29, 1.82) is 5.26 Å². The number of hydrogen-bond donors (Lipinski definition) is 2. The highest BCUT2D eigenvalue weighted by molar-refractivity contribution is 5.95. The summed E-state index contributed by atoms with van der Waals surface area (Å²) in [6.45, 7) is 0.678. The van der Waals surface area contributed by atoms with Crippen LogP contribution in [0.2, 0.25) is 0 Å². The van der Waals surface area contributed by atoms with Gasteiger partial charge in [-0.25, -0.2) is 0 Å². The minimum absolute atomic E-state index is 0.102. The van der Waals surface area contributed by atoms with Gasteiger partial charge in [0.25, 0.3) is 0 Å². The first-order chi connectivity index (χ1) is 9.41. The zero-order valence-electron chi connectivity index (χ0n) is 10.4. The second-order valence-electron chi connectivity index (χ2n) is 4.51.